The highest BCUT2D eigenvalue weighted by molar-refractivity contribution is 6.17. The number of halogens is 1. The minimum Gasteiger partial charge on any atom is -0.477 e. The quantitative estimate of drug-likeness (QED) is 0.733. The molecule has 0 amide bonds. The summed E-state index contributed by atoms with van der Waals surface area (Å²) in [5.74, 6) is 1.11. The smallest absolute Gasteiger partial charge is 0.217 e. The average Bonchev–Trinajstić information content (AvgIpc) is 2.16. The summed E-state index contributed by atoms with van der Waals surface area (Å²) >= 11 is 5.78. The van der Waals surface area contributed by atoms with Gasteiger partial charge >= 0.3 is 0 Å². The van der Waals surface area contributed by atoms with Crippen molar-refractivity contribution in [3.05, 3.63) is 23.9 Å². The van der Waals surface area contributed by atoms with E-state index in [9.17, 15) is 0 Å². The number of hydrogen-bond acceptors (Lipinski definition) is 2. The minimum atomic E-state index is 0.288. The molecule has 0 bridgehead atoms. The van der Waals surface area contributed by atoms with Gasteiger partial charge in [-0.3, -0.25) is 0 Å². The van der Waals surface area contributed by atoms with Gasteiger partial charge in [0, 0.05) is 11.8 Å². The van der Waals surface area contributed by atoms with E-state index in [0.29, 0.717) is 18.4 Å². The van der Waals surface area contributed by atoms with Crippen LogP contribution in [0.4, 0.5) is 0 Å². The van der Waals surface area contributed by atoms with Gasteiger partial charge in [-0.1, -0.05) is 26.8 Å². The first kappa shape index (κ1) is 12.3. The molecule has 0 atom stereocenters. The van der Waals surface area contributed by atoms with Crippen molar-refractivity contribution in [2.45, 2.75) is 33.1 Å². The van der Waals surface area contributed by atoms with Gasteiger partial charge in [-0.15, -0.1) is 11.6 Å². The lowest BCUT2D eigenvalue weighted by molar-refractivity contribution is 0.235. The second-order valence-corrected chi connectivity index (χ2v) is 5.03. The maximum absolute atomic E-state index is 5.78. The zero-order valence-electron chi connectivity index (χ0n) is 9.59. The van der Waals surface area contributed by atoms with Crippen molar-refractivity contribution in [2.24, 2.45) is 5.41 Å². The lowest BCUT2D eigenvalue weighted by Crippen LogP contribution is -2.12. The Hall–Kier alpha value is -0.760. The van der Waals surface area contributed by atoms with Crippen LogP contribution in [0.5, 0.6) is 5.88 Å². The normalized spacial score (nSPS) is 11.5. The molecule has 0 aliphatic carbocycles. The molecule has 15 heavy (non-hydrogen) atoms. The van der Waals surface area contributed by atoms with Crippen molar-refractivity contribution in [2.75, 3.05) is 6.61 Å². The van der Waals surface area contributed by atoms with Crippen LogP contribution in [-0.4, -0.2) is 11.6 Å². The molecule has 0 spiro atoms. The van der Waals surface area contributed by atoms with Crippen molar-refractivity contribution in [3.63, 3.8) is 0 Å². The maximum Gasteiger partial charge on any atom is 0.217 e. The first-order valence-corrected chi connectivity index (χ1v) is 5.69. The van der Waals surface area contributed by atoms with Gasteiger partial charge in [-0.05, 0) is 17.9 Å². The van der Waals surface area contributed by atoms with Gasteiger partial charge in [0.1, 0.15) is 0 Å². The Morgan fingerprint density at radius 2 is 2.13 bits per heavy atom. The molecule has 0 radical (unpaired) electrons. The number of alkyl halides is 1. The second-order valence-electron chi connectivity index (χ2n) is 4.76. The van der Waals surface area contributed by atoms with Crippen LogP contribution >= 0.6 is 11.6 Å². The van der Waals surface area contributed by atoms with Gasteiger partial charge in [0.05, 0.1) is 12.5 Å². The molecule has 0 saturated heterocycles. The Balaban J connectivity index is 2.50. The van der Waals surface area contributed by atoms with Gasteiger partial charge < -0.3 is 4.74 Å². The fourth-order valence-corrected chi connectivity index (χ4v) is 1.31. The third-order valence-electron chi connectivity index (χ3n) is 2.08. The molecular formula is C12H18ClNO. The zero-order chi connectivity index (χ0) is 11.3. The molecule has 0 aromatic carbocycles. The highest BCUT2D eigenvalue weighted by atomic mass is 35.5. The van der Waals surface area contributed by atoms with Gasteiger partial charge in [-0.2, -0.15) is 0 Å². The maximum atomic E-state index is 5.78. The van der Waals surface area contributed by atoms with Gasteiger partial charge in [-0.25, -0.2) is 4.98 Å². The average molecular weight is 228 g/mol. The highest BCUT2D eigenvalue weighted by Crippen LogP contribution is 2.21. The monoisotopic (exact) mass is 227 g/mol. The van der Waals surface area contributed by atoms with Crippen LogP contribution in [0.15, 0.2) is 18.3 Å². The zero-order valence-corrected chi connectivity index (χ0v) is 10.3. The molecule has 1 aromatic heterocycles. The van der Waals surface area contributed by atoms with E-state index in [0.717, 1.165) is 12.0 Å². The van der Waals surface area contributed by atoms with Crippen molar-refractivity contribution >= 4 is 11.6 Å². The molecule has 84 valence electrons. The van der Waals surface area contributed by atoms with Crippen molar-refractivity contribution in [3.8, 4) is 5.88 Å². The molecule has 1 heterocycles. The van der Waals surface area contributed by atoms with Gasteiger partial charge in [0.15, 0.2) is 0 Å². The summed E-state index contributed by atoms with van der Waals surface area (Å²) in [7, 11) is 0. The van der Waals surface area contributed by atoms with Gasteiger partial charge in [0.2, 0.25) is 5.88 Å². The summed E-state index contributed by atoms with van der Waals surface area (Å²) in [4.78, 5) is 4.16. The lowest BCUT2D eigenvalue weighted by Gasteiger charge is -2.18. The van der Waals surface area contributed by atoms with Crippen LogP contribution in [-0.2, 0) is 5.88 Å². The van der Waals surface area contributed by atoms with E-state index >= 15 is 0 Å². The molecular weight excluding hydrogens is 210 g/mol. The standard InChI is InChI=1S/C12H18ClNO/c1-12(2,3)6-8-15-11-10(9-13)5-4-7-14-11/h4-5,7H,6,8-9H2,1-3H3. The number of ether oxygens (including phenoxy) is 1. The molecule has 0 N–H and O–H groups in total. The van der Waals surface area contributed by atoms with Crippen LogP contribution in [0.3, 0.4) is 0 Å². The third-order valence-corrected chi connectivity index (χ3v) is 2.37. The van der Waals surface area contributed by atoms with E-state index in [-0.39, 0.29) is 5.41 Å². The van der Waals surface area contributed by atoms with Crippen LogP contribution < -0.4 is 4.74 Å². The summed E-state index contributed by atoms with van der Waals surface area (Å²) in [5, 5.41) is 0. The molecule has 1 rings (SSSR count). The summed E-state index contributed by atoms with van der Waals surface area (Å²) in [5.41, 5.74) is 1.24. The van der Waals surface area contributed by atoms with Crippen LogP contribution in [0.1, 0.15) is 32.8 Å². The summed E-state index contributed by atoms with van der Waals surface area (Å²) in [6.45, 7) is 7.26. The summed E-state index contributed by atoms with van der Waals surface area (Å²) < 4.78 is 5.61. The van der Waals surface area contributed by atoms with E-state index in [4.69, 9.17) is 16.3 Å². The number of aromatic nitrogens is 1. The van der Waals surface area contributed by atoms with Crippen LogP contribution in [0.2, 0.25) is 0 Å². The Labute approximate surface area is 96.6 Å². The van der Waals surface area contributed by atoms with E-state index in [1.807, 2.05) is 12.1 Å². The van der Waals surface area contributed by atoms with E-state index in [1.54, 1.807) is 6.20 Å². The van der Waals surface area contributed by atoms with E-state index < -0.39 is 0 Å². The molecule has 3 heteroatoms. The number of nitrogens with zero attached hydrogens (tertiary/aromatic N) is 1. The summed E-state index contributed by atoms with van der Waals surface area (Å²) in [6.07, 6.45) is 2.73. The molecule has 0 fully saturated rings. The van der Waals surface area contributed by atoms with E-state index in [1.165, 1.54) is 0 Å². The first-order valence-electron chi connectivity index (χ1n) is 5.15. The highest BCUT2D eigenvalue weighted by Gasteiger charge is 2.11. The van der Waals surface area contributed by atoms with Gasteiger partial charge in [0.25, 0.3) is 0 Å². The molecule has 2 nitrogen and oxygen atoms in total. The number of pyridine rings is 1. The Morgan fingerprint density at radius 1 is 1.40 bits per heavy atom. The topological polar surface area (TPSA) is 22.1 Å². The molecule has 1 aromatic rings. The van der Waals surface area contributed by atoms with Crippen molar-refractivity contribution in [1.29, 1.82) is 0 Å². The first-order chi connectivity index (χ1) is 7.03. The SMILES string of the molecule is CC(C)(C)CCOc1ncccc1CCl. The number of rotatable bonds is 4. The molecule has 0 aliphatic heterocycles. The Bertz CT molecular complexity index is 307. The van der Waals surface area contributed by atoms with Crippen LogP contribution in [0.25, 0.3) is 0 Å². The predicted molar refractivity (Wildman–Crippen MR) is 63.4 cm³/mol. The molecule has 0 saturated carbocycles. The second kappa shape index (κ2) is 5.36. The fourth-order valence-electron chi connectivity index (χ4n) is 1.11. The lowest BCUT2D eigenvalue weighted by atomic mass is 9.93. The largest absolute Gasteiger partial charge is 0.477 e. The fraction of sp³-hybridized carbons (Fsp3) is 0.583. The summed E-state index contributed by atoms with van der Waals surface area (Å²) in [6, 6.07) is 3.81. The van der Waals surface area contributed by atoms with Crippen molar-refractivity contribution < 1.29 is 4.74 Å². The Kier molecular flexibility index (Phi) is 4.40. The minimum absolute atomic E-state index is 0.288. The van der Waals surface area contributed by atoms with E-state index in [2.05, 4.69) is 25.8 Å². The predicted octanol–water partition coefficient (Wildman–Crippen LogP) is 3.64. The van der Waals surface area contributed by atoms with Crippen LogP contribution in [0, 0.1) is 5.41 Å². The van der Waals surface area contributed by atoms with Crippen molar-refractivity contribution in [1.82, 2.24) is 4.98 Å². The third kappa shape index (κ3) is 4.52. The molecule has 0 aliphatic rings. The Morgan fingerprint density at radius 3 is 2.73 bits per heavy atom. The number of hydrogen-bond donors (Lipinski definition) is 0. The molecule has 0 unspecified atom stereocenters.